The van der Waals surface area contributed by atoms with Crippen LogP contribution in [-0.4, -0.2) is 17.3 Å². The van der Waals surface area contributed by atoms with Crippen LogP contribution >= 0.6 is 0 Å². The molecule has 0 aromatic carbocycles. The van der Waals surface area contributed by atoms with Crippen molar-refractivity contribution in [3.8, 4) is 0 Å². The Morgan fingerprint density at radius 1 is 0.350 bits per heavy atom. The molecule has 0 aromatic heterocycles. The molecule has 0 saturated heterocycles. The van der Waals surface area contributed by atoms with Crippen LogP contribution in [-0.2, 0) is 14.4 Å². The molecule has 0 aromatic rings. The van der Waals surface area contributed by atoms with Gasteiger partial charge in [0, 0.05) is 16.2 Å². The zero-order valence-corrected chi connectivity index (χ0v) is 30.3. The Labute approximate surface area is 275 Å². The molecule has 0 N–H and O–H groups in total. The van der Waals surface area contributed by atoms with Crippen LogP contribution in [0.2, 0.25) is 0 Å². The minimum absolute atomic E-state index is 0. The van der Waals surface area contributed by atoms with Gasteiger partial charge in [0.1, 0.15) is 0 Å². The van der Waals surface area contributed by atoms with E-state index in [1.807, 2.05) is 125 Å². The van der Waals surface area contributed by atoms with E-state index in [4.69, 9.17) is 0 Å². The second-order valence-electron chi connectivity index (χ2n) is 16.1. The number of ketones is 3. The van der Waals surface area contributed by atoms with E-state index in [0.29, 0.717) is 0 Å². The molecule has 7 heteroatoms. The van der Waals surface area contributed by atoms with E-state index in [-0.39, 0.29) is 71.9 Å². The second-order valence-corrected chi connectivity index (χ2v) is 16.1. The van der Waals surface area contributed by atoms with Crippen molar-refractivity contribution in [3.63, 3.8) is 0 Å². The van der Waals surface area contributed by atoms with E-state index in [9.17, 15) is 29.7 Å². The largest absolute Gasteiger partial charge is 3.00 e. The zero-order chi connectivity index (χ0) is 32.6. The zero-order valence-electron chi connectivity index (χ0n) is 28.5. The molecule has 1 radical (unpaired) electrons. The SMILES string of the molecule is CC(C)(C)C(=O)/C=C(\[O-])C(C)(C)C.CC(C)(C)C(=O)/C=C(\[O-])C(C)(C)C.CC(C)(C)C(=O)/C=C(\[O-])C(C)(C)C.[Er+3]. The molecule has 0 fully saturated rings. The fourth-order valence-electron chi connectivity index (χ4n) is 1.66. The normalized spacial score (nSPS) is 14.1. The van der Waals surface area contributed by atoms with E-state index in [1.165, 1.54) is 18.2 Å². The van der Waals surface area contributed by atoms with Crippen molar-refractivity contribution in [2.24, 2.45) is 32.5 Å². The van der Waals surface area contributed by atoms with Crippen molar-refractivity contribution in [2.45, 2.75) is 125 Å². The molecule has 237 valence electrons. The summed E-state index contributed by atoms with van der Waals surface area (Å²) < 4.78 is 0. The molecule has 0 heterocycles. The number of carbonyl (C=O) groups excluding carboxylic acids is 3. The summed E-state index contributed by atoms with van der Waals surface area (Å²) in [5.74, 6) is -0.625. The van der Waals surface area contributed by atoms with Crippen molar-refractivity contribution in [1.82, 2.24) is 0 Å². The Morgan fingerprint density at radius 2 is 0.475 bits per heavy atom. The molecule has 0 bridgehead atoms. The summed E-state index contributed by atoms with van der Waals surface area (Å²) in [6.07, 6.45) is 3.67. The first-order valence-corrected chi connectivity index (χ1v) is 13.5. The van der Waals surface area contributed by atoms with E-state index in [1.54, 1.807) is 0 Å². The molecule has 0 spiro atoms. The summed E-state index contributed by atoms with van der Waals surface area (Å²) in [5.41, 5.74) is -2.74. The average molecular weight is 717 g/mol. The number of hydrogen-bond acceptors (Lipinski definition) is 6. The summed E-state index contributed by atoms with van der Waals surface area (Å²) in [5, 5.41) is 34.3. The van der Waals surface area contributed by atoms with Crippen molar-refractivity contribution in [2.75, 3.05) is 0 Å². The maximum Gasteiger partial charge on any atom is 3.00 e. The van der Waals surface area contributed by atoms with Crippen LogP contribution in [0.15, 0.2) is 35.5 Å². The predicted octanol–water partition coefficient (Wildman–Crippen LogP) is 5.68. The number of hydrogen-bond donors (Lipinski definition) is 0. The van der Waals surface area contributed by atoms with E-state index in [0.717, 1.165) is 0 Å². The molecule has 6 nitrogen and oxygen atoms in total. The quantitative estimate of drug-likeness (QED) is 0.274. The molecule has 0 aliphatic heterocycles. The average Bonchev–Trinajstić information content (AvgIpc) is 2.64. The first-order chi connectivity index (χ1) is 16.6. The third-order valence-corrected chi connectivity index (χ3v) is 5.22. The third-order valence-electron chi connectivity index (χ3n) is 5.22. The van der Waals surface area contributed by atoms with E-state index < -0.39 is 32.5 Å². The smallest absolute Gasteiger partial charge is 0.875 e. The van der Waals surface area contributed by atoms with Gasteiger partial charge in [-0.15, -0.1) is 17.3 Å². The molecule has 0 unspecified atom stereocenters. The van der Waals surface area contributed by atoms with Gasteiger partial charge < -0.3 is 15.3 Å². The molecule has 0 saturated carbocycles. The number of rotatable bonds is 3. The number of allylic oxidation sites excluding steroid dienone is 6. The van der Waals surface area contributed by atoms with Crippen LogP contribution in [0, 0.1) is 69.8 Å². The molecule has 0 atom stereocenters. The van der Waals surface area contributed by atoms with Gasteiger partial charge in [-0.3, -0.25) is 14.4 Å². The van der Waals surface area contributed by atoms with Gasteiger partial charge in [-0.25, -0.2) is 0 Å². The van der Waals surface area contributed by atoms with Gasteiger partial charge in [-0.1, -0.05) is 125 Å². The third kappa shape index (κ3) is 21.6. The maximum atomic E-state index is 11.4. The van der Waals surface area contributed by atoms with Gasteiger partial charge in [0.05, 0.1) is 0 Å². The first kappa shape index (κ1) is 45.9. The minimum Gasteiger partial charge on any atom is -0.875 e. The Morgan fingerprint density at radius 3 is 0.550 bits per heavy atom. The van der Waals surface area contributed by atoms with Gasteiger partial charge in [-0.05, 0) is 34.5 Å². The summed E-state index contributed by atoms with van der Waals surface area (Å²) >= 11 is 0. The second kappa shape index (κ2) is 16.5. The maximum absolute atomic E-state index is 11.4. The molecule has 0 aliphatic rings. The molecule has 0 amide bonds. The molecule has 0 rings (SSSR count). The summed E-state index contributed by atoms with van der Waals surface area (Å²) in [6, 6.07) is 0. The van der Waals surface area contributed by atoms with Crippen LogP contribution in [0.1, 0.15) is 125 Å². The van der Waals surface area contributed by atoms with Crippen LogP contribution in [0.25, 0.3) is 0 Å². The van der Waals surface area contributed by atoms with Gasteiger partial charge in [0.2, 0.25) is 0 Å². The van der Waals surface area contributed by atoms with Crippen molar-refractivity contribution in [1.29, 1.82) is 0 Å². The topological polar surface area (TPSA) is 120 Å². The summed E-state index contributed by atoms with van der Waals surface area (Å²) in [6.45, 7) is 32.5. The predicted molar refractivity (Wildman–Crippen MR) is 156 cm³/mol. The standard InChI is InChI=1S/3C11H20O2.Er/c3*1-10(2,3)8(12)7-9(13)11(4,5)6;/h3*7,12H,1-6H3;/q;;;+3/p-3/b3*8-7-;. The van der Waals surface area contributed by atoms with Gasteiger partial charge in [-0.2, -0.15) is 0 Å². The molecular weight excluding hydrogens is 660 g/mol. The van der Waals surface area contributed by atoms with Crippen LogP contribution in [0.4, 0.5) is 0 Å². The van der Waals surface area contributed by atoms with E-state index >= 15 is 0 Å². The van der Waals surface area contributed by atoms with Crippen LogP contribution in [0.5, 0.6) is 0 Å². The first-order valence-electron chi connectivity index (χ1n) is 13.5. The van der Waals surface area contributed by atoms with Crippen LogP contribution < -0.4 is 15.3 Å². The van der Waals surface area contributed by atoms with Crippen molar-refractivity contribution < 1.29 is 67.0 Å². The monoisotopic (exact) mass is 715 g/mol. The summed E-state index contributed by atoms with van der Waals surface area (Å²) in [7, 11) is 0. The van der Waals surface area contributed by atoms with Gasteiger partial charge in [0.25, 0.3) is 0 Å². The van der Waals surface area contributed by atoms with Crippen molar-refractivity contribution >= 4 is 17.3 Å². The summed E-state index contributed by atoms with van der Waals surface area (Å²) in [4.78, 5) is 34.3. The molecule has 40 heavy (non-hydrogen) atoms. The Balaban J connectivity index is -0.000000240. The fraction of sp³-hybridized carbons (Fsp3) is 0.727. The molecule has 0 aliphatic carbocycles. The Bertz CT molecular complexity index is 801. The van der Waals surface area contributed by atoms with Gasteiger partial charge in [0.15, 0.2) is 17.3 Å². The van der Waals surface area contributed by atoms with Crippen molar-refractivity contribution in [3.05, 3.63) is 35.5 Å². The molecular formula is C33H57ErO6. The fourth-order valence-corrected chi connectivity index (χ4v) is 1.66. The van der Waals surface area contributed by atoms with E-state index in [2.05, 4.69) is 0 Å². The van der Waals surface area contributed by atoms with Crippen LogP contribution in [0.3, 0.4) is 0 Å². The van der Waals surface area contributed by atoms with Gasteiger partial charge >= 0.3 is 37.3 Å². The Kier molecular flexibility index (Phi) is 18.9. The Hall–Kier alpha value is -1.12. The minimum atomic E-state index is -0.457. The number of carbonyl (C=O) groups is 3.